The molecule has 6 atom stereocenters. The van der Waals surface area contributed by atoms with Gasteiger partial charge >= 0.3 is 5.97 Å². The molecule has 2 aromatic carbocycles. The fourth-order valence-corrected chi connectivity index (χ4v) is 4.22. The molecule has 0 spiro atoms. The lowest BCUT2D eigenvalue weighted by molar-refractivity contribution is -0.144. The Kier molecular flexibility index (Phi) is 12.6. The number of hydrogen-bond donors (Lipinski definition) is 7. The van der Waals surface area contributed by atoms with Gasteiger partial charge in [-0.2, -0.15) is 0 Å². The second-order valence-electron chi connectivity index (χ2n) is 10.5. The van der Waals surface area contributed by atoms with E-state index in [0.29, 0.717) is 24.0 Å². The molecule has 0 radical (unpaired) electrons. The van der Waals surface area contributed by atoms with E-state index >= 15 is 0 Å². The number of nitrogens with two attached hydrogens (primary N) is 1. The summed E-state index contributed by atoms with van der Waals surface area (Å²) in [5.74, 6) is -3.58. The van der Waals surface area contributed by atoms with E-state index < -0.39 is 47.9 Å². The molecule has 0 aromatic heterocycles. The van der Waals surface area contributed by atoms with Gasteiger partial charge in [0.05, 0.1) is 6.04 Å². The van der Waals surface area contributed by atoms with Crippen LogP contribution in [0.4, 0.5) is 0 Å². The molecule has 11 heteroatoms. The van der Waals surface area contributed by atoms with E-state index in [1.165, 1.54) is 24.3 Å². The van der Waals surface area contributed by atoms with Gasteiger partial charge in [0.2, 0.25) is 17.7 Å². The van der Waals surface area contributed by atoms with Crippen molar-refractivity contribution in [3.8, 4) is 11.5 Å². The van der Waals surface area contributed by atoms with Crippen molar-refractivity contribution in [1.29, 1.82) is 0 Å². The van der Waals surface area contributed by atoms with Gasteiger partial charge in [-0.25, -0.2) is 4.79 Å². The number of nitrogens with one attached hydrogen (secondary N) is 3. The number of carbonyl (C=O) groups excluding carboxylic acids is 3. The highest BCUT2D eigenvalue weighted by Gasteiger charge is 2.34. The second-order valence-corrected chi connectivity index (χ2v) is 10.5. The van der Waals surface area contributed by atoms with Crippen LogP contribution in [0.15, 0.2) is 48.5 Å². The molecule has 0 heterocycles. The maximum absolute atomic E-state index is 13.6. The maximum atomic E-state index is 13.6. The Morgan fingerprint density at radius 1 is 0.683 bits per heavy atom. The number of amides is 3. The summed E-state index contributed by atoms with van der Waals surface area (Å²) >= 11 is 0. The lowest BCUT2D eigenvalue weighted by Gasteiger charge is -2.29. The number of rotatable bonds is 15. The zero-order valence-corrected chi connectivity index (χ0v) is 24.0. The highest BCUT2D eigenvalue weighted by Crippen LogP contribution is 2.15. The first-order valence-corrected chi connectivity index (χ1v) is 13.8. The first-order valence-electron chi connectivity index (χ1n) is 13.8. The van der Waals surface area contributed by atoms with Crippen LogP contribution in [0.2, 0.25) is 0 Å². The molecule has 224 valence electrons. The molecule has 0 aliphatic rings. The lowest BCUT2D eigenvalue weighted by Crippen LogP contribution is -2.59. The third-order valence-electron chi connectivity index (χ3n) is 7.31. The number of carboxylic acids is 1. The van der Waals surface area contributed by atoms with Crippen LogP contribution in [0.3, 0.4) is 0 Å². The van der Waals surface area contributed by atoms with Crippen LogP contribution in [-0.2, 0) is 32.0 Å². The Labute approximate surface area is 240 Å². The maximum Gasteiger partial charge on any atom is 0.326 e. The average molecular weight is 571 g/mol. The summed E-state index contributed by atoms with van der Waals surface area (Å²) < 4.78 is 0. The standard InChI is InChI=1S/C30H42N4O7/c1-5-17(3)25(29(39)34-26(30(40)41)18(4)6-2)33-28(38)24(16-20-9-13-22(36)14-10-20)32-27(37)23(31)15-19-7-11-21(35)12-8-19/h7-14,17-18,23-26,35-36H,5-6,15-16,31H2,1-4H3,(H,32,37)(H,33,38)(H,34,39)(H,40,41). The summed E-state index contributed by atoms with van der Waals surface area (Å²) in [6.07, 6.45) is 1.25. The van der Waals surface area contributed by atoms with Gasteiger partial charge in [0.15, 0.2) is 0 Å². The smallest absolute Gasteiger partial charge is 0.326 e. The Balaban J connectivity index is 2.26. The van der Waals surface area contributed by atoms with Gasteiger partial charge in [-0.15, -0.1) is 0 Å². The van der Waals surface area contributed by atoms with Gasteiger partial charge in [-0.1, -0.05) is 64.8 Å². The van der Waals surface area contributed by atoms with Gasteiger partial charge < -0.3 is 37.0 Å². The van der Waals surface area contributed by atoms with Gasteiger partial charge in [0, 0.05) is 6.42 Å². The predicted octanol–water partition coefficient (Wildman–Crippen LogP) is 1.84. The summed E-state index contributed by atoms with van der Waals surface area (Å²) in [5, 5.41) is 36.7. The first-order chi connectivity index (χ1) is 19.4. The molecule has 0 aliphatic heterocycles. The van der Waals surface area contributed by atoms with Crippen molar-refractivity contribution >= 4 is 23.7 Å². The molecular formula is C30H42N4O7. The van der Waals surface area contributed by atoms with E-state index in [0.717, 1.165) is 0 Å². The van der Waals surface area contributed by atoms with E-state index in [1.54, 1.807) is 38.1 Å². The van der Waals surface area contributed by atoms with Crippen LogP contribution in [-0.4, -0.2) is 63.2 Å². The van der Waals surface area contributed by atoms with E-state index in [2.05, 4.69) is 16.0 Å². The number of hydrogen-bond acceptors (Lipinski definition) is 7. The molecule has 6 unspecified atom stereocenters. The van der Waals surface area contributed by atoms with Crippen molar-refractivity contribution in [1.82, 2.24) is 16.0 Å². The fraction of sp³-hybridized carbons (Fsp3) is 0.467. The third-order valence-corrected chi connectivity index (χ3v) is 7.31. The highest BCUT2D eigenvalue weighted by molar-refractivity contribution is 5.94. The van der Waals surface area contributed by atoms with Gasteiger partial charge in [-0.3, -0.25) is 14.4 Å². The van der Waals surface area contributed by atoms with Crippen LogP contribution in [0, 0.1) is 11.8 Å². The van der Waals surface area contributed by atoms with Crippen molar-refractivity contribution in [2.24, 2.45) is 17.6 Å². The minimum absolute atomic E-state index is 0.0394. The Hall–Kier alpha value is -4.12. The van der Waals surface area contributed by atoms with Crippen molar-refractivity contribution < 1.29 is 34.5 Å². The molecule has 3 amide bonds. The molecular weight excluding hydrogens is 528 g/mol. The topological polar surface area (TPSA) is 191 Å². The number of carbonyl (C=O) groups is 4. The molecule has 2 rings (SSSR count). The number of aromatic hydroxyl groups is 2. The Morgan fingerprint density at radius 2 is 1.12 bits per heavy atom. The summed E-state index contributed by atoms with van der Waals surface area (Å²) in [6.45, 7) is 7.16. The highest BCUT2D eigenvalue weighted by atomic mass is 16.4. The molecule has 0 fully saturated rings. The van der Waals surface area contributed by atoms with Gasteiger partial charge in [0.25, 0.3) is 0 Å². The predicted molar refractivity (Wildman–Crippen MR) is 154 cm³/mol. The average Bonchev–Trinajstić information content (AvgIpc) is 2.95. The van der Waals surface area contributed by atoms with E-state index in [-0.39, 0.29) is 36.2 Å². The van der Waals surface area contributed by atoms with Crippen molar-refractivity contribution in [3.05, 3.63) is 59.7 Å². The SMILES string of the molecule is CCC(C)C(NC(=O)C(NC(=O)C(Cc1ccc(O)cc1)NC(=O)C(N)Cc1ccc(O)cc1)C(C)CC)C(=O)O. The van der Waals surface area contributed by atoms with Gasteiger partial charge in [0.1, 0.15) is 29.6 Å². The monoisotopic (exact) mass is 570 g/mol. The van der Waals surface area contributed by atoms with E-state index in [4.69, 9.17) is 5.73 Å². The molecule has 0 aliphatic carbocycles. The Morgan fingerprint density at radius 3 is 1.59 bits per heavy atom. The van der Waals surface area contributed by atoms with Crippen LogP contribution in [0.1, 0.15) is 51.7 Å². The molecule has 41 heavy (non-hydrogen) atoms. The quantitative estimate of drug-likeness (QED) is 0.169. The normalized spacial score (nSPS) is 15.4. The zero-order chi connectivity index (χ0) is 30.7. The largest absolute Gasteiger partial charge is 0.508 e. The zero-order valence-electron chi connectivity index (χ0n) is 24.0. The molecule has 0 saturated heterocycles. The van der Waals surface area contributed by atoms with Crippen molar-refractivity contribution in [3.63, 3.8) is 0 Å². The third kappa shape index (κ3) is 10.1. The number of aliphatic carboxylic acids is 1. The minimum atomic E-state index is -1.16. The molecule has 0 saturated carbocycles. The summed E-state index contributed by atoms with van der Waals surface area (Å²) in [7, 11) is 0. The minimum Gasteiger partial charge on any atom is -0.508 e. The molecule has 2 aromatic rings. The second kappa shape index (κ2) is 15.6. The molecule has 11 nitrogen and oxygen atoms in total. The number of phenolic OH excluding ortho intramolecular Hbond substituents is 2. The fourth-order valence-electron chi connectivity index (χ4n) is 4.22. The van der Waals surface area contributed by atoms with Crippen LogP contribution < -0.4 is 21.7 Å². The number of phenols is 2. The van der Waals surface area contributed by atoms with Crippen LogP contribution >= 0.6 is 0 Å². The van der Waals surface area contributed by atoms with Crippen molar-refractivity contribution in [2.75, 3.05) is 0 Å². The number of benzene rings is 2. The summed E-state index contributed by atoms with van der Waals surface area (Å²) in [5.41, 5.74) is 7.49. The summed E-state index contributed by atoms with van der Waals surface area (Å²) in [6, 6.07) is 8.08. The van der Waals surface area contributed by atoms with Gasteiger partial charge in [-0.05, 0) is 53.6 Å². The van der Waals surface area contributed by atoms with Crippen LogP contribution in [0.5, 0.6) is 11.5 Å². The van der Waals surface area contributed by atoms with E-state index in [9.17, 15) is 34.5 Å². The Bertz CT molecular complexity index is 1170. The first kappa shape index (κ1) is 33.1. The number of carboxylic acid groups (broad SMARTS) is 1. The lowest BCUT2D eigenvalue weighted by atomic mass is 9.94. The van der Waals surface area contributed by atoms with Crippen molar-refractivity contribution in [2.45, 2.75) is 77.5 Å². The molecule has 8 N–H and O–H groups in total. The van der Waals surface area contributed by atoms with Crippen LogP contribution in [0.25, 0.3) is 0 Å². The van der Waals surface area contributed by atoms with E-state index in [1.807, 2.05) is 13.8 Å². The summed E-state index contributed by atoms with van der Waals surface area (Å²) in [4.78, 5) is 51.7. The molecule has 0 bridgehead atoms.